The van der Waals surface area contributed by atoms with Crippen LogP contribution in [0.4, 0.5) is 4.39 Å². The molecule has 0 heterocycles. The lowest BCUT2D eigenvalue weighted by Crippen LogP contribution is -2.17. The highest BCUT2D eigenvalue weighted by Gasteiger charge is 2.13. The van der Waals surface area contributed by atoms with Crippen LogP contribution < -0.4 is 14.8 Å². The molecular formula is C22H28BrClFNO3. The van der Waals surface area contributed by atoms with Gasteiger partial charge in [0.1, 0.15) is 12.4 Å². The van der Waals surface area contributed by atoms with Crippen molar-refractivity contribution < 1.29 is 18.6 Å². The number of nitrogens with one attached hydrogen (secondary N) is 1. The molecule has 0 saturated heterocycles. The highest BCUT2D eigenvalue weighted by molar-refractivity contribution is 9.10. The predicted octanol–water partition coefficient (Wildman–Crippen LogP) is 6.13. The summed E-state index contributed by atoms with van der Waals surface area (Å²) in [6, 6.07) is 8.31. The third kappa shape index (κ3) is 7.78. The van der Waals surface area contributed by atoms with E-state index in [0.29, 0.717) is 28.6 Å². The molecule has 0 atom stereocenters. The van der Waals surface area contributed by atoms with Crippen LogP contribution in [0.15, 0.2) is 34.8 Å². The Bertz CT molecular complexity index is 756. The Morgan fingerprint density at radius 3 is 2.66 bits per heavy atom. The molecule has 2 aromatic carbocycles. The molecule has 0 amide bonds. The number of hydrogen-bond acceptors (Lipinski definition) is 4. The minimum atomic E-state index is -0.393. The van der Waals surface area contributed by atoms with Gasteiger partial charge in [-0.15, -0.1) is 0 Å². The second kappa shape index (κ2) is 13.1. The molecule has 2 rings (SSSR count). The molecule has 160 valence electrons. The smallest absolute Gasteiger partial charge is 0.162 e. The van der Waals surface area contributed by atoms with Gasteiger partial charge in [0.25, 0.3) is 0 Å². The maximum Gasteiger partial charge on any atom is 0.162 e. The van der Waals surface area contributed by atoms with Crippen molar-refractivity contribution in [2.45, 2.75) is 39.3 Å². The van der Waals surface area contributed by atoms with E-state index >= 15 is 0 Å². The van der Waals surface area contributed by atoms with E-state index in [1.54, 1.807) is 19.2 Å². The Labute approximate surface area is 185 Å². The second-order valence-electron chi connectivity index (χ2n) is 6.58. The van der Waals surface area contributed by atoms with Crippen LogP contribution in [0.3, 0.4) is 0 Å². The van der Waals surface area contributed by atoms with Gasteiger partial charge >= 0.3 is 0 Å². The average Bonchev–Trinajstić information content (AvgIpc) is 2.70. The van der Waals surface area contributed by atoms with Gasteiger partial charge in [0, 0.05) is 29.8 Å². The van der Waals surface area contributed by atoms with Crippen molar-refractivity contribution in [3.05, 3.63) is 56.8 Å². The quantitative estimate of drug-likeness (QED) is 0.345. The monoisotopic (exact) mass is 487 g/mol. The summed E-state index contributed by atoms with van der Waals surface area (Å²) in [6.45, 7) is 5.32. The van der Waals surface area contributed by atoms with Crippen molar-refractivity contribution in [1.29, 1.82) is 0 Å². The summed E-state index contributed by atoms with van der Waals surface area (Å²) in [4.78, 5) is 0. The van der Waals surface area contributed by atoms with Gasteiger partial charge in [-0.1, -0.05) is 46.9 Å². The fourth-order valence-corrected chi connectivity index (χ4v) is 3.36. The summed E-state index contributed by atoms with van der Waals surface area (Å²) in [5.74, 6) is 0.710. The molecule has 0 unspecified atom stereocenters. The predicted molar refractivity (Wildman–Crippen MR) is 118 cm³/mol. The van der Waals surface area contributed by atoms with Gasteiger partial charge in [-0.05, 0) is 49.2 Å². The van der Waals surface area contributed by atoms with Gasteiger partial charge in [-0.25, -0.2) is 4.39 Å². The third-order valence-corrected chi connectivity index (χ3v) is 5.46. The van der Waals surface area contributed by atoms with E-state index < -0.39 is 5.82 Å². The van der Waals surface area contributed by atoms with Crippen LogP contribution in [0.1, 0.15) is 37.3 Å². The van der Waals surface area contributed by atoms with Crippen LogP contribution in [0, 0.1) is 5.82 Å². The first-order valence-electron chi connectivity index (χ1n) is 9.77. The highest BCUT2D eigenvalue weighted by Crippen LogP contribution is 2.34. The number of halogens is 3. The molecule has 0 aliphatic carbocycles. The molecule has 0 aliphatic rings. The van der Waals surface area contributed by atoms with E-state index in [0.717, 1.165) is 49.1 Å². The molecule has 1 N–H and O–H groups in total. The van der Waals surface area contributed by atoms with E-state index in [4.69, 9.17) is 25.8 Å². The number of benzene rings is 2. The van der Waals surface area contributed by atoms with Crippen molar-refractivity contribution in [2.24, 2.45) is 0 Å². The lowest BCUT2D eigenvalue weighted by molar-refractivity contribution is 0.128. The molecule has 0 bridgehead atoms. The van der Waals surface area contributed by atoms with E-state index in [9.17, 15) is 4.39 Å². The summed E-state index contributed by atoms with van der Waals surface area (Å²) in [7, 11) is 1.58. The van der Waals surface area contributed by atoms with Crippen molar-refractivity contribution in [3.8, 4) is 11.5 Å². The largest absolute Gasteiger partial charge is 0.493 e. The highest BCUT2D eigenvalue weighted by atomic mass is 79.9. The zero-order valence-electron chi connectivity index (χ0n) is 16.9. The van der Waals surface area contributed by atoms with Gasteiger partial charge in [0.2, 0.25) is 0 Å². The maximum atomic E-state index is 13.9. The van der Waals surface area contributed by atoms with Crippen molar-refractivity contribution >= 4 is 27.5 Å². The SMILES string of the molecule is CCCCOCCCNCc1cc(OC)c(OCc2c(F)cccc2Cl)cc1Br. The Morgan fingerprint density at radius 2 is 1.93 bits per heavy atom. The minimum Gasteiger partial charge on any atom is -0.493 e. The number of ether oxygens (including phenoxy) is 3. The van der Waals surface area contributed by atoms with E-state index in [1.807, 2.05) is 12.1 Å². The lowest BCUT2D eigenvalue weighted by Gasteiger charge is -2.15. The fraction of sp³-hybridized carbons (Fsp3) is 0.455. The number of hydrogen-bond donors (Lipinski definition) is 1. The number of unbranched alkanes of at least 4 members (excludes halogenated alkanes) is 1. The first-order valence-corrected chi connectivity index (χ1v) is 10.9. The van der Waals surface area contributed by atoms with Gasteiger partial charge < -0.3 is 19.5 Å². The normalized spacial score (nSPS) is 10.9. The first kappa shape index (κ1) is 23.9. The Balaban J connectivity index is 1.89. The zero-order chi connectivity index (χ0) is 21.1. The van der Waals surface area contributed by atoms with Crippen molar-refractivity contribution in [1.82, 2.24) is 5.32 Å². The van der Waals surface area contributed by atoms with Crippen LogP contribution >= 0.6 is 27.5 Å². The van der Waals surface area contributed by atoms with Gasteiger partial charge in [-0.3, -0.25) is 0 Å². The summed E-state index contributed by atoms with van der Waals surface area (Å²) >= 11 is 9.64. The fourth-order valence-electron chi connectivity index (χ4n) is 2.68. The molecule has 7 heteroatoms. The molecule has 0 fully saturated rings. The van der Waals surface area contributed by atoms with Gasteiger partial charge in [0.05, 0.1) is 12.1 Å². The summed E-state index contributed by atoms with van der Waals surface area (Å²) in [6.07, 6.45) is 3.22. The molecule has 4 nitrogen and oxygen atoms in total. The summed E-state index contributed by atoms with van der Waals surface area (Å²) in [5, 5.41) is 3.74. The minimum absolute atomic E-state index is 0.0178. The maximum absolute atomic E-state index is 13.9. The summed E-state index contributed by atoms with van der Waals surface area (Å²) < 4.78 is 31.6. The molecular weight excluding hydrogens is 461 g/mol. The molecule has 0 saturated carbocycles. The zero-order valence-corrected chi connectivity index (χ0v) is 19.2. The van der Waals surface area contributed by atoms with Gasteiger partial charge in [0.15, 0.2) is 11.5 Å². The Hall–Kier alpha value is -1.34. The Kier molecular flexibility index (Phi) is 10.8. The van der Waals surface area contributed by atoms with Crippen LogP contribution in [0.25, 0.3) is 0 Å². The Morgan fingerprint density at radius 1 is 1.14 bits per heavy atom. The van der Waals surface area contributed by atoms with Crippen LogP contribution in [-0.2, 0) is 17.9 Å². The second-order valence-corrected chi connectivity index (χ2v) is 7.84. The number of rotatable bonds is 13. The summed E-state index contributed by atoms with van der Waals surface area (Å²) in [5.41, 5.74) is 1.37. The lowest BCUT2D eigenvalue weighted by atomic mass is 10.2. The van der Waals surface area contributed by atoms with Crippen LogP contribution in [0.2, 0.25) is 5.02 Å². The number of methoxy groups -OCH3 is 1. The van der Waals surface area contributed by atoms with Crippen molar-refractivity contribution in [2.75, 3.05) is 26.9 Å². The third-order valence-electron chi connectivity index (χ3n) is 4.37. The van der Waals surface area contributed by atoms with E-state index in [1.165, 1.54) is 6.07 Å². The van der Waals surface area contributed by atoms with E-state index in [2.05, 4.69) is 28.2 Å². The van der Waals surface area contributed by atoms with Gasteiger partial charge in [-0.2, -0.15) is 0 Å². The molecule has 0 aromatic heterocycles. The van der Waals surface area contributed by atoms with Crippen LogP contribution in [-0.4, -0.2) is 26.9 Å². The van der Waals surface area contributed by atoms with E-state index in [-0.39, 0.29) is 6.61 Å². The van der Waals surface area contributed by atoms with Crippen molar-refractivity contribution in [3.63, 3.8) is 0 Å². The molecule has 0 aliphatic heterocycles. The first-order chi connectivity index (χ1) is 14.1. The topological polar surface area (TPSA) is 39.7 Å². The molecule has 0 radical (unpaired) electrons. The molecule has 0 spiro atoms. The molecule has 29 heavy (non-hydrogen) atoms. The standard InChI is InChI=1S/C22H28BrClFNO3/c1-3-4-10-28-11-6-9-26-14-16-12-21(27-2)22(13-18(16)23)29-15-17-19(24)7-5-8-20(17)25/h5,7-8,12-13,26H,3-4,6,9-11,14-15H2,1-2H3. The molecule has 2 aromatic rings. The van der Waals surface area contributed by atoms with Crippen LogP contribution in [0.5, 0.6) is 11.5 Å². The average molecular weight is 489 g/mol.